The van der Waals surface area contributed by atoms with Gasteiger partial charge in [-0.2, -0.15) is 0 Å². The van der Waals surface area contributed by atoms with Crippen LogP contribution in [0.25, 0.3) is 22.2 Å². The van der Waals surface area contributed by atoms with Crippen molar-refractivity contribution in [2.24, 2.45) is 5.41 Å². The second-order valence-corrected chi connectivity index (χ2v) is 8.58. The Morgan fingerprint density at radius 3 is 2.89 bits per heavy atom. The number of ether oxygens (including phenoxy) is 1. The lowest BCUT2D eigenvalue weighted by Gasteiger charge is -2.23. The molecule has 27 heavy (non-hydrogen) atoms. The lowest BCUT2D eigenvalue weighted by Crippen LogP contribution is -2.37. The summed E-state index contributed by atoms with van der Waals surface area (Å²) in [4.78, 5) is 12.5. The molecule has 2 N–H and O–H groups in total. The molecule has 1 unspecified atom stereocenters. The summed E-state index contributed by atoms with van der Waals surface area (Å²) < 4.78 is 6.06. The van der Waals surface area contributed by atoms with E-state index in [2.05, 4.69) is 47.3 Å². The zero-order chi connectivity index (χ0) is 18.4. The van der Waals surface area contributed by atoms with E-state index < -0.39 is 0 Å². The summed E-state index contributed by atoms with van der Waals surface area (Å²) in [5.74, 6) is 1.26. The lowest BCUT2D eigenvalue weighted by atomic mass is 10.0. The first kappa shape index (κ1) is 16.8. The molecule has 2 atom stereocenters. The molecule has 5 rings (SSSR count). The lowest BCUT2D eigenvalue weighted by molar-refractivity contribution is 0.160. The Morgan fingerprint density at radius 1 is 1.22 bits per heavy atom. The number of aromatic amines is 1. The average molecular weight is 362 g/mol. The minimum Gasteiger partial charge on any atom is -0.472 e. The maximum atomic E-state index is 6.06. The maximum Gasteiger partial charge on any atom is 0.233 e. The molecule has 0 spiro atoms. The van der Waals surface area contributed by atoms with Crippen LogP contribution in [0.1, 0.15) is 44.6 Å². The fourth-order valence-electron chi connectivity index (χ4n) is 4.23. The smallest absolute Gasteiger partial charge is 0.233 e. The van der Waals surface area contributed by atoms with Crippen LogP contribution in [-0.4, -0.2) is 34.1 Å². The van der Waals surface area contributed by atoms with E-state index in [1.807, 2.05) is 12.4 Å². The van der Waals surface area contributed by atoms with Gasteiger partial charge in [0.25, 0.3) is 0 Å². The second kappa shape index (κ2) is 6.34. The number of nitrogens with zero attached hydrogens (tertiary/aromatic N) is 2. The molecule has 3 heterocycles. The van der Waals surface area contributed by atoms with Crippen molar-refractivity contribution in [1.29, 1.82) is 0 Å². The van der Waals surface area contributed by atoms with Gasteiger partial charge in [-0.3, -0.25) is 4.98 Å². The minimum absolute atomic E-state index is 0.176. The van der Waals surface area contributed by atoms with E-state index in [4.69, 9.17) is 9.72 Å². The van der Waals surface area contributed by atoms with Gasteiger partial charge in [-0.1, -0.05) is 19.9 Å². The predicted octanol–water partition coefficient (Wildman–Crippen LogP) is 4.27. The maximum absolute atomic E-state index is 6.06. The summed E-state index contributed by atoms with van der Waals surface area (Å²) in [7, 11) is 0. The molecule has 0 bridgehead atoms. The Balaban J connectivity index is 1.46. The van der Waals surface area contributed by atoms with Gasteiger partial charge >= 0.3 is 0 Å². The van der Waals surface area contributed by atoms with Crippen LogP contribution in [0.3, 0.4) is 0 Å². The molecule has 5 heteroatoms. The molecule has 0 radical (unpaired) electrons. The molecule has 0 amide bonds. The highest BCUT2D eigenvalue weighted by atomic mass is 16.5. The van der Waals surface area contributed by atoms with E-state index in [9.17, 15) is 0 Å². The van der Waals surface area contributed by atoms with Crippen LogP contribution in [0, 0.1) is 5.41 Å². The Hall–Kier alpha value is -2.40. The Morgan fingerprint density at radius 2 is 2.11 bits per heavy atom. The highest BCUT2D eigenvalue weighted by Crippen LogP contribution is 2.58. The summed E-state index contributed by atoms with van der Waals surface area (Å²) in [6, 6.07) is 6.76. The van der Waals surface area contributed by atoms with Crippen molar-refractivity contribution >= 4 is 10.9 Å². The van der Waals surface area contributed by atoms with Crippen LogP contribution in [0.2, 0.25) is 0 Å². The first-order valence-corrected chi connectivity index (χ1v) is 9.91. The predicted molar refractivity (Wildman–Crippen MR) is 107 cm³/mol. The third-order valence-electron chi connectivity index (χ3n) is 6.05. The van der Waals surface area contributed by atoms with Crippen LogP contribution < -0.4 is 10.1 Å². The molecule has 1 saturated heterocycles. The molecule has 1 aliphatic heterocycles. The molecular weight excluding hydrogens is 336 g/mol. The molecule has 1 saturated carbocycles. The van der Waals surface area contributed by atoms with Crippen molar-refractivity contribution in [2.75, 3.05) is 13.1 Å². The molecule has 2 aromatic heterocycles. The highest BCUT2D eigenvalue weighted by Gasteiger charge is 2.46. The SMILES string of the molecule is CC1(C)CC1c1ccc2[nH]cc(-c3cncc(O[C@@H]4CCCNC4)n3)c2c1. The number of nitrogens with one attached hydrogen (secondary N) is 2. The van der Waals surface area contributed by atoms with Crippen molar-refractivity contribution in [3.63, 3.8) is 0 Å². The molecule has 2 aliphatic rings. The third-order valence-corrected chi connectivity index (χ3v) is 6.05. The molecule has 2 fully saturated rings. The van der Waals surface area contributed by atoms with Gasteiger partial charge in [0.15, 0.2) is 0 Å². The fourth-order valence-corrected chi connectivity index (χ4v) is 4.23. The zero-order valence-corrected chi connectivity index (χ0v) is 16.0. The summed E-state index contributed by atoms with van der Waals surface area (Å²) in [5.41, 5.74) is 4.92. The Labute approximate surface area is 159 Å². The minimum atomic E-state index is 0.176. The number of hydrogen-bond donors (Lipinski definition) is 2. The van der Waals surface area contributed by atoms with Crippen molar-refractivity contribution in [3.05, 3.63) is 42.4 Å². The first-order chi connectivity index (χ1) is 13.1. The normalized spacial score (nSPS) is 24.1. The standard InChI is InChI=1S/C22H26N4O/c1-22(2)9-18(22)14-5-6-19-16(8-14)17(11-25-19)20-12-24-13-21(26-20)27-15-4-3-7-23-10-15/h5-6,8,11-13,15,18,23,25H,3-4,7,9-10H2,1-2H3/t15-,18?/m1/s1. The second-order valence-electron chi connectivity index (χ2n) is 8.58. The van der Waals surface area contributed by atoms with Crippen molar-refractivity contribution in [2.45, 2.75) is 45.1 Å². The van der Waals surface area contributed by atoms with E-state index in [0.717, 1.165) is 42.7 Å². The van der Waals surface area contributed by atoms with Crippen LogP contribution in [0.4, 0.5) is 0 Å². The Kier molecular flexibility index (Phi) is 3.93. The largest absolute Gasteiger partial charge is 0.472 e. The summed E-state index contributed by atoms with van der Waals surface area (Å²) >= 11 is 0. The van der Waals surface area contributed by atoms with Crippen molar-refractivity contribution < 1.29 is 4.74 Å². The number of fused-ring (bicyclic) bond motifs is 1. The van der Waals surface area contributed by atoms with Gasteiger partial charge in [0.05, 0.1) is 18.1 Å². The zero-order valence-electron chi connectivity index (χ0n) is 16.0. The van der Waals surface area contributed by atoms with Crippen molar-refractivity contribution in [3.8, 4) is 17.1 Å². The first-order valence-electron chi connectivity index (χ1n) is 9.91. The summed E-state index contributed by atoms with van der Waals surface area (Å²) in [6.45, 7) is 6.62. The van der Waals surface area contributed by atoms with Gasteiger partial charge in [0.2, 0.25) is 5.88 Å². The number of hydrogen-bond acceptors (Lipinski definition) is 4. The van der Waals surface area contributed by atoms with Crippen LogP contribution in [-0.2, 0) is 0 Å². The number of benzene rings is 1. The third kappa shape index (κ3) is 3.21. The molecule has 140 valence electrons. The van der Waals surface area contributed by atoms with Gasteiger partial charge in [-0.05, 0) is 54.8 Å². The van der Waals surface area contributed by atoms with Crippen LogP contribution in [0.5, 0.6) is 5.88 Å². The average Bonchev–Trinajstić information content (AvgIpc) is 3.12. The Bertz CT molecular complexity index is 971. The number of H-pyrrole nitrogens is 1. The number of rotatable bonds is 4. The van der Waals surface area contributed by atoms with Gasteiger partial charge in [0.1, 0.15) is 6.10 Å². The van der Waals surface area contributed by atoms with E-state index in [0.29, 0.717) is 17.2 Å². The number of piperidine rings is 1. The molecule has 5 nitrogen and oxygen atoms in total. The molecule has 3 aromatic rings. The van der Waals surface area contributed by atoms with E-state index in [1.54, 1.807) is 6.20 Å². The van der Waals surface area contributed by atoms with Gasteiger partial charge < -0.3 is 15.0 Å². The number of aromatic nitrogens is 3. The van der Waals surface area contributed by atoms with Crippen molar-refractivity contribution in [1.82, 2.24) is 20.3 Å². The van der Waals surface area contributed by atoms with E-state index >= 15 is 0 Å². The monoisotopic (exact) mass is 362 g/mol. The van der Waals surface area contributed by atoms with Crippen LogP contribution in [0.15, 0.2) is 36.8 Å². The van der Waals surface area contributed by atoms with Crippen LogP contribution >= 0.6 is 0 Å². The fraction of sp³-hybridized carbons (Fsp3) is 0.455. The summed E-state index contributed by atoms with van der Waals surface area (Å²) in [5, 5.41) is 4.58. The van der Waals surface area contributed by atoms with E-state index in [1.165, 1.54) is 17.4 Å². The van der Waals surface area contributed by atoms with E-state index in [-0.39, 0.29) is 6.10 Å². The molecular formula is C22H26N4O. The highest BCUT2D eigenvalue weighted by molar-refractivity contribution is 5.95. The molecule has 1 aromatic carbocycles. The molecule has 1 aliphatic carbocycles. The topological polar surface area (TPSA) is 62.8 Å². The van der Waals surface area contributed by atoms with Gasteiger partial charge in [-0.25, -0.2) is 4.98 Å². The quantitative estimate of drug-likeness (QED) is 0.727. The summed E-state index contributed by atoms with van der Waals surface area (Å²) in [6.07, 6.45) is 9.20. The van der Waals surface area contributed by atoms with Gasteiger partial charge in [-0.15, -0.1) is 0 Å². The van der Waals surface area contributed by atoms with Gasteiger partial charge in [0, 0.05) is 29.2 Å².